The minimum absolute atomic E-state index is 0.0530. The van der Waals surface area contributed by atoms with Gasteiger partial charge in [0.1, 0.15) is 0 Å². The summed E-state index contributed by atoms with van der Waals surface area (Å²) in [7, 11) is 0. The quantitative estimate of drug-likeness (QED) is 0.771. The van der Waals surface area contributed by atoms with E-state index < -0.39 is 0 Å². The van der Waals surface area contributed by atoms with Crippen LogP contribution in [0.4, 0.5) is 4.79 Å². The van der Waals surface area contributed by atoms with E-state index in [0.29, 0.717) is 12.3 Å². The van der Waals surface area contributed by atoms with Crippen LogP contribution in [0.3, 0.4) is 0 Å². The molecule has 3 N–H and O–H groups in total. The molecule has 2 rings (SSSR count). The summed E-state index contributed by atoms with van der Waals surface area (Å²) in [6.07, 6.45) is 4.06. The summed E-state index contributed by atoms with van der Waals surface area (Å²) in [5.74, 6) is 0.544. The van der Waals surface area contributed by atoms with Crippen LogP contribution in [0.2, 0.25) is 0 Å². The van der Waals surface area contributed by atoms with Crippen LogP contribution in [-0.2, 0) is 6.42 Å². The van der Waals surface area contributed by atoms with Crippen molar-refractivity contribution >= 4 is 6.03 Å². The first-order valence-electron chi connectivity index (χ1n) is 7.41. The Morgan fingerprint density at radius 1 is 1.35 bits per heavy atom. The van der Waals surface area contributed by atoms with Gasteiger partial charge in [0, 0.05) is 6.04 Å². The molecule has 0 radical (unpaired) electrons. The largest absolute Gasteiger partial charge is 0.394 e. The number of benzene rings is 1. The molecule has 4 nitrogen and oxygen atoms in total. The zero-order valence-electron chi connectivity index (χ0n) is 12.0. The normalized spacial score (nSPS) is 23.3. The van der Waals surface area contributed by atoms with Crippen LogP contribution in [0.1, 0.15) is 31.7 Å². The second-order valence-corrected chi connectivity index (χ2v) is 5.70. The minimum Gasteiger partial charge on any atom is -0.394 e. The van der Waals surface area contributed by atoms with E-state index in [9.17, 15) is 9.90 Å². The average Bonchev–Trinajstić information content (AvgIpc) is 2.84. The number of nitrogens with one attached hydrogen (secondary N) is 2. The molecular weight excluding hydrogens is 252 g/mol. The van der Waals surface area contributed by atoms with E-state index in [0.717, 1.165) is 12.0 Å². The molecule has 1 saturated carbocycles. The van der Waals surface area contributed by atoms with Crippen LogP contribution in [-0.4, -0.2) is 29.8 Å². The van der Waals surface area contributed by atoms with Gasteiger partial charge in [-0.1, -0.05) is 43.7 Å². The van der Waals surface area contributed by atoms with Gasteiger partial charge in [0.25, 0.3) is 0 Å². The summed E-state index contributed by atoms with van der Waals surface area (Å²) in [5.41, 5.74) is 1.11. The average molecular weight is 276 g/mol. The fourth-order valence-corrected chi connectivity index (χ4v) is 2.82. The Bertz CT molecular complexity index is 422. The fraction of sp³-hybridized carbons (Fsp3) is 0.562. The van der Waals surface area contributed by atoms with Crippen molar-refractivity contribution in [2.24, 2.45) is 5.92 Å². The van der Waals surface area contributed by atoms with Gasteiger partial charge >= 0.3 is 6.03 Å². The molecule has 4 heteroatoms. The van der Waals surface area contributed by atoms with Gasteiger partial charge in [-0.15, -0.1) is 0 Å². The minimum atomic E-state index is -0.242. The van der Waals surface area contributed by atoms with Gasteiger partial charge in [-0.2, -0.15) is 0 Å². The third kappa shape index (κ3) is 4.23. The fourth-order valence-electron chi connectivity index (χ4n) is 2.82. The van der Waals surface area contributed by atoms with Crippen molar-refractivity contribution in [3.63, 3.8) is 0 Å². The standard InChI is InChI=1S/C16H24N2O2/c1-12-6-5-9-15(12)18-16(20)17-14(11-19)10-13-7-3-2-4-8-13/h2-4,7-8,12,14-15,19H,5-6,9-11H2,1H3,(H2,17,18,20). The number of carbonyl (C=O) groups excluding carboxylic acids is 1. The Hall–Kier alpha value is -1.55. The van der Waals surface area contributed by atoms with Crippen LogP contribution < -0.4 is 10.6 Å². The zero-order valence-corrected chi connectivity index (χ0v) is 12.0. The van der Waals surface area contributed by atoms with Crippen molar-refractivity contribution in [3.8, 4) is 0 Å². The van der Waals surface area contributed by atoms with Crippen LogP contribution in [0, 0.1) is 5.92 Å². The summed E-state index contributed by atoms with van der Waals surface area (Å²) in [6, 6.07) is 9.74. The Kier molecular flexibility index (Phi) is 5.41. The number of aliphatic hydroxyl groups is 1. The number of carbonyl (C=O) groups is 1. The van der Waals surface area contributed by atoms with Gasteiger partial charge < -0.3 is 15.7 Å². The third-order valence-electron chi connectivity index (χ3n) is 4.06. The summed E-state index contributed by atoms with van der Waals surface area (Å²) in [6.45, 7) is 2.12. The highest BCUT2D eigenvalue weighted by Gasteiger charge is 2.25. The molecule has 3 atom stereocenters. The molecule has 0 heterocycles. The first kappa shape index (κ1) is 14.9. The monoisotopic (exact) mass is 276 g/mol. The molecule has 0 aliphatic heterocycles. The number of rotatable bonds is 5. The number of hydrogen-bond donors (Lipinski definition) is 3. The van der Waals surface area contributed by atoms with E-state index in [1.165, 1.54) is 12.8 Å². The second kappa shape index (κ2) is 7.29. The van der Waals surface area contributed by atoms with Gasteiger partial charge in [0.2, 0.25) is 0 Å². The molecule has 1 aromatic carbocycles. The molecule has 3 unspecified atom stereocenters. The van der Waals surface area contributed by atoms with E-state index in [4.69, 9.17) is 0 Å². The van der Waals surface area contributed by atoms with Crippen LogP contribution in [0.5, 0.6) is 0 Å². The summed E-state index contributed by atoms with van der Waals surface area (Å²) in [5, 5.41) is 15.3. The van der Waals surface area contributed by atoms with Gasteiger partial charge in [-0.25, -0.2) is 4.79 Å². The Balaban J connectivity index is 1.81. The predicted octanol–water partition coefficient (Wildman–Crippen LogP) is 2.08. The SMILES string of the molecule is CC1CCCC1NC(=O)NC(CO)Cc1ccccc1. The van der Waals surface area contributed by atoms with Gasteiger partial charge in [-0.3, -0.25) is 0 Å². The molecule has 1 aliphatic rings. The summed E-state index contributed by atoms with van der Waals surface area (Å²) < 4.78 is 0. The lowest BCUT2D eigenvalue weighted by atomic mass is 10.1. The van der Waals surface area contributed by atoms with Gasteiger partial charge in [-0.05, 0) is 30.7 Å². The molecule has 20 heavy (non-hydrogen) atoms. The zero-order chi connectivity index (χ0) is 14.4. The summed E-state index contributed by atoms with van der Waals surface area (Å²) in [4.78, 5) is 12.0. The van der Waals surface area contributed by atoms with Crippen LogP contribution in [0.15, 0.2) is 30.3 Å². The molecule has 1 aromatic rings. The van der Waals surface area contributed by atoms with Crippen molar-refractivity contribution in [3.05, 3.63) is 35.9 Å². The van der Waals surface area contributed by atoms with E-state index in [-0.39, 0.29) is 24.7 Å². The van der Waals surface area contributed by atoms with E-state index in [2.05, 4.69) is 17.6 Å². The molecule has 1 fully saturated rings. The van der Waals surface area contributed by atoms with Crippen molar-refractivity contribution in [1.82, 2.24) is 10.6 Å². The maximum absolute atomic E-state index is 12.0. The van der Waals surface area contributed by atoms with Crippen LogP contribution in [0.25, 0.3) is 0 Å². The molecule has 2 amide bonds. The van der Waals surface area contributed by atoms with E-state index in [1.807, 2.05) is 30.3 Å². The van der Waals surface area contributed by atoms with Crippen molar-refractivity contribution < 1.29 is 9.90 Å². The predicted molar refractivity (Wildman–Crippen MR) is 79.5 cm³/mol. The number of hydrogen-bond acceptors (Lipinski definition) is 2. The summed E-state index contributed by atoms with van der Waals surface area (Å²) >= 11 is 0. The number of urea groups is 1. The molecule has 1 aliphatic carbocycles. The molecule has 0 saturated heterocycles. The molecule has 0 aromatic heterocycles. The smallest absolute Gasteiger partial charge is 0.315 e. The third-order valence-corrected chi connectivity index (χ3v) is 4.06. The topological polar surface area (TPSA) is 61.4 Å². The van der Waals surface area contributed by atoms with Crippen molar-refractivity contribution in [1.29, 1.82) is 0 Å². The molecule has 0 spiro atoms. The maximum atomic E-state index is 12.0. The van der Waals surface area contributed by atoms with Crippen molar-refractivity contribution in [2.45, 2.75) is 44.7 Å². The number of aliphatic hydroxyl groups excluding tert-OH is 1. The number of amides is 2. The Morgan fingerprint density at radius 3 is 2.70 bits per heavy atom. The highest BCUT2D eigenvalue weighted by Crippen LogP contribution is 2.24. The lowest BCUT2D eigenvalue weighted by Crippen LogP contribution is -2.48. The van der Waals surface area contributed by atoms with E-state index in [1.54, 1.807) is 0 Å². The van der Waals surface area contributed by atoms with Crippen LogP contribution >= 0.6 is 0 Å². The molecular formula is C16H24N2O2. The second-order valence-electron chi connectivity index (χ2n) is 5.70. The molecule has 110 valence electrons. The lowest BCUT2D eigenvalue weighted by molar-refractivity contribution is 0.211. The van der Waals surface area contributed by atoms with Gasteiger partial charge in [0.05, 0.1) is 12.6 Å². The van der Waals surface area contributed by atoms with Gasteiger partial charge in [0.15, 0.2) is 0 Å². The first-order chi connectivity index (χ1) is 9.69. The lowest BCUT2D eigenvalue weighted by Gasteiger charge is -2.21. The highest BCUT2D eigenvalue weighted by atomic mass is 16.3. The van der Waals surface area contributed by atoms with Crippen molar-refractivity contribution in [2.75, 3.05) is 6.61 Å². The molecule has 0 bridgehead atoms. The highest BCUT2D eigenvalue weighted by molar-refractivity contribution is 5.74. The Morgan fingerprint density at radius 2 is 2.10 bits per heavy atom. The first-order valence-corrected chi connectivity index (χ1v) is 7.41. The maximum Gasteiger partial charge on any atom is 0.315 e. The van der Waals surface area contributed by atoms with E-state index >= 15 is 0 Å². The Labute approximate surface area is 120 Å².